The molecular formula is C10H12F4. The number of rotatable bonds is 4. The van der Waals surface area contributed by atoms with E-state index in [-0.39, 0.29) is 12.0 Å². The van der Waals surface area contributed by atoms with Crippen molar-refractivity contribution in [2.45, 2.75) is 19.5 Å². The van der Waals surface area contributed by atoms with Crippen molar-refractivity contribution in [3.05, 3.63) is 36.0 Å². The Morgan fingerprint density at radius 1 is 1.36 bits per heavy atom. The Labute approximate surface area is 80.6 Å². The molecule has 80 valence electrons. The Morgan fingerprint density at radius 2 is 1.93 bits per heavy atom. The first-order chi connectivity index (χ1) is 6.43. The molecule has 0 N–H and O–H groups in total. The summed E-state index contributed by atoms with van der Waals surface area (Å²) >= 11 is 0. The second-order valence-corrected chi connectivity index (χ2v) is 2.62. The fourth-order valence-electron chi connectivity index (χ4n) is 0.819. The summed E-state index contributed by atoms with van der Waals surface area (Å²) in [5, 5.41) is 0. The lowest BCUT2D eigenvalue weighted by Crippen LogP contribution is -2.13. The van der Waals surface area contributed by atoms with Gasteiger partial charge in [0.15, 0.2) is 0 Å². The summed E-state index contributed by atoms with van der Waals surface area (Å²) in [6.07, 6.45) is -1.31. The van der Waals surface area contributed by atoms with Gasteiger partial charge in [0.2, 0.25) is 0 Å². The van der Waals surface area contributed by atoms with Crippen LogP contribution in [0.25, 0.3) is 0 Å². The van der Waals surface area contributed by atoms with Gasteiger partial charge in [-0.3, -0.25) is 0 Å². The van der Waals surface area contributed by atoms with E-state index in [4.69, 9.17) is 0 Å². The van der Waals surface area contributed by atoms with Crippen LogP contribution in [0.2, 0.25) is 0 Å². The second kappa shape index (κ2) is 5.62. The van der Waals surface area contributed by atoms with Crippen LogP contribution in [0.3, 0.4) is 0 Å². The van der Waals surface area contributed by atoms with Gasteiger partial charge in [-0.1, -0.05) is 25.7 Å². The minimum atomic E-state index is -4.42. The molecule has 0 aliphatic carbocycles. The zero-order valence-electron chi connectivity index (χ0n) is 7.87. The topological polar surface area (TPSA) is 0 Å². The molecule has 0 unspecified atom stereocenters. The highest BCUT2D eigenvalue weighted by molar-refractivity contribution is 5.35. The molecule has 4 heteroatoms. The Hall–Kier alpha value is -1.06. The van der Waals surface area contributed by atoms with Gasteiger partial charge in [-0.05, 0) is 18.1 Å². The molecule has 0 aromatic heterocycles. The number of allylic oxidation sites excluding steroid dienone is 5. The first-order valence-corrected chi connectivity index (χ1v) is 4.11. The fraction of sp³-hybridized carbons (Fsp3) is 0.400. The van der Waals surface area contributed by atoms with Gasteiger partial charge in [-0.15, -0.1) is 0 Å². The Morgan fingerprint density at radius 3 is 2.29 bits per heavy atom. The molecule has 0 nitrogen and oxygen atoms in total. The normalized spacial score (nSPS) is 13.6. The molecule has 0 aromatic carbocycles. The minimum absolute atomic E-state index is 0.000933. The lowest BCUT2D eigenvalue weighted by molar-refractivity contribution is -0.0894. The van der Waals surface area contributed by atoms with E-state index in [1.807, 2.05) is 0 Å². The van der Waals surface area contributed by atoms with Gasteiger partial charge in [-0.2, -0.15) is 13.2 Å². The molecule has 0 aliphatic rings. The minimum Gasteiger partial charge on any atom is -0.247 e. The van der Waals surface area contributed by atoms with Gasteiger partial charge in [0.05, 0.1) is 5.57 Å². The Balaban J connectivity index is 4.82. The lowest BCUT2D eigenvalue weighted by Gasteiger charge is -2.12. The van der Waals surface area contributed by atoms with Crippen molar-refractivity contribution in [3.63, 3.8) is 0 Å². The lowest BCUT2D eigenvalue weighted by atomic mass is 10.0. The van der Waals surface area contributed by atoms with Crippen molar-refractivity contribution < 1.29 is 17.6 Å². The van der Waals surface area contributed by atoms with Gasteiger partial charge in [-0.25, -0.2) is 4.39 Å². The van der Waals surface area contributed by atoms with Crippen LogP contribution in [-0.2, 0) is 0 Å². The summed E-state index contributed by atoms with van der Waals surface area (Å²) in [4.78, 5) is 0. The van der Waals surface area contributed by atoms with Crippen LogP contribution < -0.4 is 0 Å². The third-order valence-electron chi connectivity index (χ3n) is 1.60. The van der Waals surface area contributed by atoms with Crippen LogP contribution in [0.1, 0.15) is 13.3 Å². The van der Waals surface area contributed by atoms with Crippen molar-refractivity contribution in [2.75, 3.05) is 6.67 Å². The van der Waals surface area contributed by atoms with Crippen LogP contribution in [0.5, 0.6) is 0 Å². The smallest absolute Gasteiger partial charge is 0.247 e. The molecule has 0 rings (SSSR count). The fourth-order valence-corrected chi connectivity index (χ4v) is 0.819. The third kappa shape index (κ3) is 4.25. The van der Waals surface area contributed by atoms with E-state index in [1.165, 1.54) is 0 Å². The average Bonchev–Trinajstić information content (AvgIpc) is 2.09. The molecule has 0 saturated carbocycles. The molecule has 0 bridgehead atoms. The standard InChI is InChI=1S/C10H12F4/c1-3-8(2)9(10(12,13)14)6-4-5-7-11/h4-6H,2-3,7H2,1H3/b5-4-,9-6+. The van der Waals surface area contributed by atoms with Crippen LogP contribution >= 0.6 is 0 Å². The summed E-state index contributed by atoms with van der Waals surface area (Å²) in [7, 11) is 0. The molecule has 0 fully saturated rings. The molecule has 0 spiro atoms. The molecule has 0 aromatic rings. The van der Waals surface area contributed by atoms with Crippen molar-refractivity contribution in [1.29, 1.82) is 0 Å². The highest BCUT2D eigenvalue weighted by Crippen LogP contribution is 2.31. The SMILES string of the molecule is C=C(CC)/C(=C\C=C/CF)C(F)(F)F. The maximum Gasteiger partial charge on any atom is 0.416 e. The first-order valence-electron chi connectivity index (χ1n) is 4.11. The average molecular weight is 208 g/mol. The molecule has 0 saturated heterocycles. The van der Waals surface area contributed by atoms with Crippen molar-refractivity contribution in [2.24, 2.45) is 0 Å². The van der Waals surface area contributed by atoms with Crippen LogP contribution in [0.15, 0.2) is 36.0 Å². The zero-order chi connectivity index (χ0) is 11.2. The van der Waals surface area contributed by atoms with Crippen LogP contribution in [0, 0.1) is 0 Å². The molecule has 0 heterocycles. The van der Waals surface area contributed by atoms with Gasteiger partial charge in [0, 0.05) is 0 Å². The van der Waals surface area contributed by atoms with Gasteiger partial charge in [0.1, 0.15) is 6.67 Å². The van der Waals surface area contributed by atoms with Crippen LogP contribution in [-0.4, -0.2) is 12.9 Å². The van der Waals surface area contributed by atoms with Crippen LogP contribution in [0.4, 0.5) is 17.6 Å². The van der Waals surface area contributed by atoms with E-state index in [2.05, 4.69) is 6.58 Å². The quantitative estimate of drug-likeness (QED) is 0.484. The summed E-state index contributed by atoms with van der Waals surface area (Å²) in [5.74, 6) is 0. The molecule has 14 heavy (non-hydrogen) atoms. The highest BCUT2D eigenvalue weighted by Gasteiger charge is 2.33. The molecular weight excluding hydrogens is 196 g/mol. The van der Waals surface area contributed by atoms with Gasteiger partial charge in [0.25, 0.3) is 0 Å². The number of halogens is 4. The molecule has 0 amide bonds. The summed E-state index contributed by atoms with van der Waals surface area (Å²) in [6, 6.07) is 0. The number of hydrogen-bond acceptors (Lipinski definition) is 0. The van der Waals surface area contributed by atoms with Crippen molar-refractivity contribution >= 4 is 0 Å². The highest BCUT2D eigenvalue weighted by atomic mass is 19.4. The third-order valence-corrected chi connectivity index (χ3v) is 1.60. The summed E-state index contributed by atoms with van der Waals surface area (Å²) in [5.41, 5.74) is -0.800. The molecule has 0 radical (unpaired) electrons. The zero-order valence-corrected chi connectivity index (χ0v) is 7.87. The number of alkyl halides is 4. The monoisotopic (exact) mass is 208 g/mol. The first kappa shape index (κ1) is 12.9. The van der Waals surface area contributed by atoms with E-state index in [1.54, 1.807) is 6.92 Å². The van der Waals surface area contributed by atoms with Gasteiger partial charge >= 0.3 is 6.18 Å². The summed E-state index contributed by atoms with van der Waals surface area (Å²) in [6.45, 7) is 4.11. The van der Waals surface area contributed by atoms with E-state index in [0.29, 0.717) is 0 Å². The van der Waals surface area contributed by atoms with E-state index in [9.17, 15) is 17.6 Å². The van der Waals surface area contributed by atoms with E-state index in [0.717, 1.165) is 18.2 Å². The predicted molar refractivity (Wildman–Crippen MR) is 48.7 cm³/mol. The molecule has 0 aliphatic heterocycles. The van der Waals surface area contributed by atoms with E-state index >= 15 is 0 Å². The Bertz CT molecular complexity index is 245. The second-order valence-electron chi connectivity index (χ2n) is 2.62. The van der Waals surface area contributed by atoms with Gasteiger partial charge < -0.3 is 0 Å². The summed E-state index contributed by atoms with van der Waals surface area (Å²) < 4.78 is 48.6. The number of hydrogen-bond donors (Lipinski definition) is 0. The largest absolute Gasteiger partial charge is 0.416 e. The predicted octanol–water partition coefficient (Wildman–Crippen LogP) is 3.97. The van der Waals surface area contributed by atoms with Crippen molar-refractivity contribution in [3.8, 4) is 0 Å². The van der Waals surface area contributed by atoms with E-state index < -0.39 is 18.4 Å². The maximum atomic E-state index is 12.3. The Kier molecular flexibility index (Phi) is 5.20. The van der Waals surface area contributed by atoms with Crippen molar-refractivity contribution in [1.82, 2.24) is 0 Å². The molecule has 0 atom stereocenters. The maximum absolute atomic E-state index is 12.3.